The molecule has 2 aliphatic carbocycles. The van der Waals surface area contributed by atoms with Crippen LogP contribution in [-0.4, -0.2) is 0 Å². The quantitative estimate of drug-likeness (QED) is 0.374. The van der Waals surface area contributed by atoms with Gasteiger partial charge < -0.3 is 0 Å². The fourth-order valence-electron chi connectivity index (χ4n) is 2.73. The minimum atomic E-state index is 0. The molecule has 0 amide bonds. The van der Waals surface area contributed by atoms with Crippen LogP contribution in [0.1, 0.15) is 25.0 Å². The Bertz CT molecular complexity index is 852. The SMILES string of the molecule is CC=C1[C-]=C(c2ccccc2)C=C1.CC=C1[C-]=C(c2ccccc2)C=C1.Cl.Cl.[Zr+2]. The van der Waals surface area contributed by atoms with Gasteiger partial charge in [0.05, 0.1) is 0 Å². The summed E-state index contributed by atoms with van der Waals surface area (Å²) in [4.78, 5) is 0. The first-order chi connectivity index (χ1) is 12.8. The standard InChI is InChI=1S/2C13H11.2ClH.Zr/c2*1-2-11-8-9-13(10-11)12-6-4-3-5-7-12;;;/h2*2-9H,1H3;2*1H;/q2*-1;;;+2. The average Bonchev–Trinajstić information content (AvgIpc) is 3.39. The zero-order chi connectivity index (χ0) is 18.2. The molecule has 3 heteroatoms. The van der Waals surface area contributed by atoms with Gasteiger partial charge in [-0.15, -0.1) is 71.4 Å². The van der Waals surface area contributed by atoms with Crippen molar-refractivity contribution in [3.63, 3.8) is 0 Å². The molecular formula is C26H24Cl2Zr. The molecule has 2 aliphatic rings. The van der Waals surface area contributed by atoms with Crippen molar-refractivity contribution in [3.05, 3.63) is 132 Å². The maximum absolute atomic E-state index is 3.32. The largest absolute Gasteiger partial charge is 2.00 e. The summed E-state index contributed by atoms with van der Waals surface area (Å²) in [5.41, 5.74) is 7.14. The first-order valence-electron chi connectivity index (χ1n) is 8.87. The third-order valence-electron chi connectivity index (χ3n) is 4.21. The second kappa shape index (κ2) is 14.3. The number of benzene rings is 2. The van der Waals surface area contributed by atoms with Crippen LogP contribution in [-0.2, 0) is 26.2 Å². The van der Waals surface area contributed by atoms with Crippen molar-refractivity contribution in [2.24, 2.45) is 0 Å². The van der Waals surface area contributed by atoms with Crippen LogP contribution < -0.4 is 0 Å². The van der Waals surface area contributed by atoms with E-state index in [4.69, 9.17) is 0 Å². The smallest absolute Gasteiger partial charge is 0.153 e. The monoisotopic (exact) mass is 496 g/mol. The van der Waals surface area contributed by atoms with E-state index in [0.29, 0.717) is 0 Å². The summed E-state index contributed by atoms with van der Waals surface area (Å²) in [7, 11) is 0. The molecule has 0 spiro atoms. The molecule has 0 atom stereocenters. The third-order valence-corrected chi connectivity index (χ3v) is 4.21. The van der Waals surface area contributed by atoms with Gasteiger partial charge in [0.1, 0.15) is 0 Å². The zero-order valence-corrected chi connectivity index (χ0v) is 20.6. The molecule has 0 N–H and O–H groups in total. The van der Waals surface area contributed by atoms with Gasteiger partial charge in [-0.05, 0) is 0 Å². The molecule has 2 aromatic carbocycles. The Morgan fingerprint density at radius 3 is 1.17 bits per heavy atom. The first kappa shape index (κ1) is 27.3. The molecule has 0 nitrogen and oxygen atoms in total. The maximum atomic E-state index is 3.32. The molecule has 0 saturated carbocycles. The summed E-state index contributed by atoms with van der Waals surface area (Å²) in [6, 6.07) is 20.7. The van der Waals surface area contributed by atoms with E-state index in [0.717, 1.165) is 0 Å². The molecule has 29 heavy (non-hydrogen) atoms. The Labute approximate surface area is 206 Å². The molecular weight excluding hydrogens is 474 g/mol. The molecule has 0 heterocycles. The van der Waals surface area contributed by atoms with Gasteiger partial charge in [-0.2, -0.15) is 24.3 Å². The van der Waals surface area contributed by atoms with Gasteiger partial charge in [0.25, 0.3) is 0 Å². The minimum absolute atomic E-state index is 0. The molecule has 146 valence electrons. The Hall–Kier alpha value is -1.66. The van der Waals surface area contributed by atoms with E-state index in [1.165, 1.54) is 33.4 Å². The van der Waals surface area contributed by atoms with Crippen molar-refractivity contribution < 1.29 is 26.2 Å². The van der Waals surface area contributed by atoms with Crippen LogP contribution in [0.2, 0.25) is 0 Å². The van der Waals surface area contributed by atoms with Crippen LogP contribution in [0, 0.1) is 12.2 Å². The Balaban J connectivity index is 0.000000490. The number of rotatable bonds is 2. The summed E-state index contributed by atoms with van der Waals surface area (Å²) in [5.74, 6) is 0. The molecule has 0 fully saturated rings. The molecule has 0 aliphatic heterocycles. The van der Waals surface area contributed by atoms with Crippen LogP contribution >= 0.6 is 24.8 Å². The average molecular weight is 499 g/mol. The van der Waals surface area contributed by atoms with Crippen molar-refractivity contribution in [1.82, 2.24) is 0 Å². The zero-order valence-electron chi connectivity index (χ0n) is 16.6. The summed E-state index contributed by atoms with van der Waals surface area (Å²) < 4.78 is 0. The van der Waals surface area contributed by atoms with Crippen molar-refractivity contribution >= 4 is 36.0 Å². The molecule has 0 unspecified atom stereocenters. The van der Waals surface area contributed by atoms with E-state index in [1.807, 2.05) is 50.2 Å². The summed E-state index contributed by atoms with van der Waals surface area (Å²) in [6.07, 6.45) is 19.1. The molecule has 0 saturated heterocycles. The van der Waals surface area contributed by atoms with Gasteiger partial charge in [-0.1, -0.05) is 85.6 Å². The predicted octanol–water partition coefficient (Wildman–Crippen LogP) is 7.62. The molecule has 4 rings (SSSR count). The third kappa shape index (κ3) is 7.94. The Morgan fingerprint density at radius 2 is 0.897 bits per heavy atom. The molecule has 0 aromatic heterocycles. The van der Waals surface area contributed by atoms with Gasteiger partial charge in [-0.3, -0.25) is 0 Å². The van der Waals surface area contributed by atoms with Gasteiger partial charge in [0.15, 0.2) is 0 Å². The second-order valence-electron chi connectivity index (χ2n) is 5.96. The van der Waals surface area contributed by atoms with Gasteiger partial charge >= 0.3 is 26.2 Å². The summed E-state index contributed by atoms with van der Waals surface area (Å²) >= 11 is 0. The van der Waals surface area contributed by atoms with E-state index < -0.39 is 0 Å². The topological polar surface area (TPSA) is 0 Å². The van der Waals surface area contributed by atoms with Gasteiger partial charge in [-0.25, -0.2) is 0 Å². The van der Waals surface area contributed by atoms with Gasteiger partial charge in [0.2, 0.25) is 0 Å². The van der Waals surface area contributed by atoms with E-state index in [-0.39, 0.29) is 51.0 Å². The van der Waals surface area contributed by atoms with Crippen LogP contribution in [0.4, 0.5) is 0 Å². The van der Waals surface area contributed by atoms with E-state index in [9.17, 15) is 0 Å². The van der Waals surface area contributed by atoms with Crippen molar-refractivity contribution in [1.29, 1.82) is 0 Å². The summed E-state index contributed by atoms with van der Waals surface area (Å²) in [5, 5.41) is 0. The first-order valence-corrected chi connectivity index (χ1v) is 8.87. The van der Waals surface area contributed by atoms with Crippen molar-refractivity contribution in [2.75, 3.05) is 0 Å². The van der Waals surface area contributed by atoms with Crippen molar-refractivity contribution in [2.45, 2.75) is 13.8 Å². The van der Waals surface area contributed by atoms with Crippen LogP contribution in [0.25, 0.3) is 11.1 Å². The normalized spacial score (nSPS) is 16.1. The van der Waals surface area contributed by atoms with Crippen LogP contribution in [0.15, 0.2) is 108 Å². The van der Waals surface area contributed by atoms with Crippen LogP contribution in [0.3, 0.4) is 0 Å². The molecule has 0 radical (unpaired) electrons. The molecule has 0 bridgehead atoms. The number of hydrogen-bond donors (Lipinski definition) is 0. The predicted molar refractivity (Wildman–Crippen MR) is 126 cm³/mol. The van der Waals surface area contributed by atoms with E-state index in [2.05, 4.69) is 72.9 Å². The van der Waals surface area contributed by atoms with E-state index in [1.54, 1.807) is 0 Å². The number of halogens is 2. The number of hydrogen-bond acceptors (Lipinski definition) is 0. The summed E-state index contributed by atoms with van der Waals surface area (Å²) in [6.45, 7) is 4.06. The second-order valence-corrected chi connectivity index (χ2v) is 5.96. The van der Waals surface area contributed by atoms with E-state index >= 15 is 0 Å². The fourth-order valence-corrected chi connectivity index (χ4v) is 2.73. The van der Waals surface area contributed by atoms with Crippen LogP contribution in [0.5, 0.6) is 0 Å². The number of allylic oxidation sites excluding steroid dienone is 12. The maximum Gasteiger partial charge on any atom is 2.00 e. The van der Waals surface area contributed by atoms with Crippen molar-refractivity contribution in [3.8, 4) is 0 Å². The Morgan fingerprint density at radius 1 is 0.552 bits per heavy atom. The minimum Gasteiger partial charge on any atom is -0.153 e. The Kier molecular flexibility index (Phi) is 13.5. The fraction of sp³-hybridized carbons (Fsp3) is 0.0769. The van der Waals surface area contributed by atoms with Gasteiger partial charge in [0, 0.05) is 0 Å². The molecule has 2 aromatic rings.